The van der Waals surface area contributed by atoms with Gasteiger partial charge in [-0.3, -0.25) is 0 Å². The zero-order chi connectivity index (χ0) is 13.2. The molecule has 0 radical (unpaired) electrons. The molecule has 3 rings (SSSR count). The Labute approximate surface area is 111 Å². The monoisotopic (exact) mass is 258 g/mol. The van der Waals surface area contributed by atoms with Gasteiger partial charge in [-0.25, -0.2) is 4.39 Å². The minimum Gasteiger partial charge on any atom is -0.484 e. The van der Waals surface area contributed by atoms with Gasteiger partial charge in [0.2, 0.25) is 0 Å². The Morgan fingerprint density at radius 2 is 1.95 bits per heavy atom. The molecule has 1 aliphatic heterocycles. The number of rotatable bonds is 2. The molecule has 1 atom stereocenters. The summed E-state index contributed by atoms with van der Waals surface area (Å²) < 4.78 is 19.8. The fourth-order valence-corrected chi connectivity index (χ4v) is 2.26. The van der Waals surface area contributed by atoms with Gasteiger partial charge in [-0.15, -0.1) is 0 Å². The van der Waals surface area contributed by atoms with Crippen molar-refractivity contribution in [1.29, 1.82) is 0 Å². The third-order valence-corrected chi connectivity index (χ3v) is 3.25. The molecule has 0 saturated heterocycles. The number of nitrogens with two attached hydrogens (primary N) is 1. The summed E-state index contributed by atoms with van der Waals surface area (Å²) in [6, 6.07) is 12.4. The predicted molar refractivity (Wildman–Crippen MR) is 73.8 cm³/mol. The average Bonchev–Trinajstić information content (AvgIpc) is 2.47. The molecule has 2 aromatic rings. The second kappa shape index (κ2) is 4.90. The second-order valence-electron chi connectivity index (χ2n) is 4.52. The number of benzene rings is 2. The number of hydrogen-bond donors (Lipinski definition) is 2. The van der Waals surface area contributed by atoms with Crippen LogP contribution in [-0.2, 0) is 0 Å². The van der Waals surface area contributed by atoms with Crippen LogP contribution in [0.2, 0.25) is 0 Å². The minimum atomic E-state index is -0.255. The summed E-state index contributed by atoms with van der Waals surface area (Å²) in [7, 11) is 0. The predicted octanol–water partition coefficient (Wildman–Crippen LogP) is 2.62. The van der Waals surface area contributed by atoms with Crippen molar-refractivity contribution in [2.75, 3.05) is 18.4 Å². The number of para-hydroxylation sites is 1. The largest absolute Gasteiger partial charge is 0.484 e. The van der Waals surface area contributed by atoms with Gasteiger partial charge in [-0.05, 0) is 12.1 Å². The van der Waals surface area contributed by atoms with Gasteiger partial charge < -0.3 is 15.8 Å². The highest BCUT2D eigenvalue weighted by molar-refractivity contribution is 5.79. The molecule has 0 amide bonds. The van der Waals surface area contributed by atoms with Crippen molar-refractivity contribution in [3.63, 3.8) is 0 Å². The van der Waals surface area contributed by atoms with Crippen LogP contribution in [-0.4, -0.2) is 19.2 Å². The molecule has 19 heavy (non-hydrogen) atoms. The molecule has 2 aromatic carbocycles. The first-order valence-electron chi connectivity index (χ1n) is 6.28. The van der Waals surface area contributed by atoms with E-state index in [2.05, 4.69) is 5.32 Å². The summed E-state index contributed by atoms with van der Waals surface area (Å²) in [5, 5.41) is 3.27. The molecule has 0 aliphatic carbocycles. The maximum atomic E-state index is 13.9. The first kappa shape index (κ1) is 12.0. The Hall–Kier alpha value is -2.07. The zero-order valence-electron chi connectivity index (χ0n) is 10.4. The molecule has 0 bridgehead atoms. The lowest BCUT2D eigenvalue weighted by Gasteiger charge is -2.28. The Balaban J connectivity index is 2.11. The number of halogens is 1. The lowest BCUT2D eigenvalue weighted by atomic mass is 10.0. The van der Waals surface area contributed by atoms with Gasteiger partial charge in [-0.2, -0.15) is 0 Å². The van der Waals surface area contributed by atoms with Crippen molar-refractivity contribution in [3.05, 3.63) is 48.3 Å². The second-order valence-corrected chi connectivity index (χ2v) is 4.52. The lowest BCUT2D eigenvalue weighted by Crippen LogP contribution is -2.37. The van der Waals surface area contributed by atoms with E-state index in [-0.39, 0.29) is 11.9 Å². The van der Waals surface area contributed by atoms with Gasteiger partial charge in [0.05, 0.1) is 12.2 Å². The molecule has 0 saturated carbocycles. The highest BCUT2D eigenvalue weighted by Crippen LogP contribution is 2.39. The Kier molecular flexibility index (Phi) is 3.09. The molecule has 1 heterocycles. The Morgan fingerprint density at radius 3 is 2.74 bits per heavy atom. The van der Waals surface area contributed by atoms with Crippen LogP contribution in [0.25, 0.3) is 11.1 Å². The van der Waals surface area contributed by atoms with Crippen LogP contribution >= 0.6 is 0 Å². The van der Waals surface area contributed by atoms with Gasteiger partial charge in [0.1, 0.15) is 11.9 Å². The summed E-state index contributed by atoms with van der Waals surface area (Å²) >= 11 is 0. The van der Waals surface area contributed by atoms with E-state index in [4.69, 9.17) is 10.5 Å². The van der Waals surface area contributed by atoms with E-state index in [9.17, 15) is 4.39 Å². The number of fused-ring (bicyclic) bond motifs is 1. The fourth-order valence-electron chi connectivity index (χ4n) is 2.26. The molecule has 0 unspecified atom stereocenters. The van der Waals surface area contributed by atoms with Gasteiger partial charge in [0, 0.05) is 17.7 Å². The van der Waals surface area contributed by atoms with Crippen LogP contribution in [0.1, 0.15) is 0 Å². The van der Waals surface area contributed by atoms with Crippen LogP contribution in [0, 0.1) is 5.82 Å². The van der Waals surface area contributed by atoms with Crippen molar-refractivity contribution < 1.29 is 9.13 Å². The van der Waals surface area contributed by atoms with Gasteiger partial charge in [0.15, 0.2) is 5.75 Å². The average molecular weight is 258 g/mol. The number of ether oxygens (including phenoxy) is 1. The van der Waals surface area contributed by atoms with Gasteiger partial charge >= 0.3 is 0 Å². The molecule has 98 valence electrons. The Bertz CT molecular complexity index is 600. The summed E-state index contributed by atoms with van der Waals surface area (Å²) in [6.45, 7) is 1.10. The summed E-state index contributed by atoms with van der Waals surface area (Å²) in [6.07, 6.45) is -0.0829. The van der Waals surface area contributed by atoms with Crippen LogP contribution in [0.4, 0.5) is 10.1 Å². The van der Waals surface area contributed by atoms with Crippen molar-refractivity contribution in [3.8, 4) is 16.9 Å². The van der Waals surface area contributed by atoms with E-state index in [1.807, 2.05) is 24.3 Å². The highest BCUT2D eigenvalue weighted by atomic mass is 19.1. The van der Waals surface area contributed by atoms with E-state index >= 15 is 0 Å². The number of anilines is 1. The highest BCUT2D eigenvalue weighted by Gasteiger charge is 2.22. The quantitative estimate of drug-likeness (QED) is 0.870. The van der Waals surface area contributed by atoms with E-state index < -0.39 is 0 Å². The minimum absolute atomic E-state index is 0.0829. The molecule has 0 spiro atoms. The van der Waals surface area contributed by atoms with Crippen molar-refractivity contribution in [2.45, 2.75) is 6.10 Å². The normalized spacial score (nSPS) is 17.3. The topological polar surface area (TPSA) is 47.3 Å². The van der Waals surface area contributed by atoms with Gasteiger partial charge in [0.25, 0.3) is 0 Å². The fraction of sp³-hybridized carbons (Fsp3) is 0.200. The summed E-state index contributed by atoms with van der Waals surface area (Å²) in [5.41, 5.74) is 7.81. The van der Waals surface area contributed by atoms with E-state index in [0.717, 1.165) is 11.3 Å². The molecular weight excluding hydrogens is 243 g/mol. The third kappa shape index (κ3) is 2.15. The van der Waals surface area contributed by atoms with Crippen molar-refractivity contribution in [1.82, 2.24) is 0 Å². The van der Waals surface area contributed by atoms with Crippen LogP contribution in [0.5, 0.6) is 5.75 Å². The Morgan fingerprint density at radius 1 is 1.16 bits per heavy atom. The molecule has 0 aromatic heterocycles. The number of hydrogen-bond acceptors (Lipinski definition) is 3. The lowest BCUT2D eigenvalue weighted by molar-refractivity contribution is 0.215. The number of nitrogens with one attached hydrogen (secondary N) is 1. The van der Waals surface area contributed by atoms with E-state index in [0.29, 0.717) is 24.4 Å². The van der Waals surface area contributed by atoms with Crippen molar-refractivity contribution >= 4 is 5.69 Å². The standard InChI is InChI=1S/C15H15FN2O/c16-13-6-2-1-4-11(13)12-5-3-7-14-15(12)19-10(8-17)9-18-14/h1-7,10,18H,8-9,17H2/t10-/m0/s1. The third-order valence-electron chi connectivity index (χ3n) is 3.25. The molecule has 0 fully saturated rings. The van der Waals surface area contributed by atoms with Crippen molar-refractivity contribution in [2.24, 2.45) is 5.73 Å². The SMILES string of the molecule is NC[C@H]1CNc2cccc(-c3ccccc3F)c2O1. The zero-order valence-corrected chi connectivity index (χ0v) is 10.4. The first-order chi connectivity index (χ1) is 9.29. The van der Waals surface area contributed by atoms with Crippen LogP contribution in [0.3, 0.4) is 0 Å². The molecule has 3 N–H and O–H groups in total. The summed E-state index contributed by atoms with van der Waals surface area (Å²) in [5.74, 6) is 0.420. The molecule has 1 aliphatic rings. The smallest absolute Gasteiger partial charge is 0.150 e. The van der Waals surface area contributed by atoms with Gasteiger partial charge in [-0.1, -0.05) is 30.3 Å². The maximum Gasteiger partial charge on any atom is 0.150 e. The van der Waals surface area contributed by atoms with Crippen LogP contribution in [0.15, 0.2) is 42.5 Å². The molecular formula is C15H15FN2O. The maximum absolute atomic E-state index is 13.9. The molecule has 3 nitrogen and oxygen atoms in total. The summed E-state index contributed by atoms with van der Waals surface area (Å²) in [4.78, 5) is 0. The van der Waals surface area contributed by atoms with Crippen LogP contribution < -0.4 is 15.8 Å². The first-order valence-corrected chi connectivity index (χ1v) is 6.28. The molecule has 4 heteroatoms. The van der Waals surface area contributed by atoms with E-state index in [1.165, 1.54) is 6.07 Å². The van der Waals surface area contributed by atoms with E-state index in [1.54, 1.807) is 12.1 Å².